The van der Waals surface area contributed by atoms with Crippen molar-refractivity contribution in [1.29, 1.82) is 0 Å². The monoisotopic (exact) mass is 480 g/mol. The summed E-state index contributed by atoms with van der Waals surface area (Å²) in [6, 6.07) is 3.34. The number of aryl methyl sites for hydroxylation is 1. The number of H-pyrrole nitrogens is 1. The third-order valence-electron chi connectivity index (χ3n) is 4.75. The van der Waals surface area contributed by atoms with Gasteiger partial charge in [0.25, 0.3) is 0 Å². The van der Waals surface area contributed by atoms with Crippen molar-refractivity contribution in [3.05, 3.63) is 58.9 Å². The number of carbonyl (C=O) groups is 2. The number of aromatic amines is 1. The lowest BCUT2D eigenvalue weighted by molar-refractivity contribution is -0.131. The molecule has 3 aromatic rings. The van der Waals surface area contributed by atoms with Crippen molar-refractivity contribution >= 4 is 38.4 Å². The standard InChI is InChI=1S/C21H22F2N4O5S/c1-3-8-33(30,31)27-16-6-5-15(22)18(19(16)23)20(29)14-11-25-21-13(14)9-12(10-24-21)4-7-17(28)26-32-2/h5-6,9-11,27H,3-4,7-8H2,1-2H3,(H,24,25)(H,26,28). The van der Waals surface area contributed by atoms with Gasteiger partial charge in [-0.2, -0.15) is 0 Å². The van der Waals surface area contributed by atoms with Crippen molar-refractivity contribution in [1.82, 2.24) is 15.4 Å². The Kier molecular flexibility index (Phi) is 7.39. The Balaban J connectivity index is 1.96. The van der Waals surface area contributed by atoms with E-state index in [1.807, 2.05) is 4.72 Å². The van der Waals surface area contributed by atoms with Crippen LogP contribution >= 0.6 is 0 Å². The summed E-state index contributed by atoms with van der Waals surface area (Å²) in [4.78, 5) is 36.2. The van der Waals surface area contributed by atoms with E-state index < -0.39 is 38.7 Å². The maximum atomic E-state index is 15.0. The van der Waals surface area contributed by atoms with Crippen molar-refractivity contribution in [3.63, 3.8) is 0 Å². The number of aromatic nitrogens is 2. The van der Waals surface area contributed by atoms with Crippen molar-refractivity contribution < 1.29 is 31.6 Å². The van der Waals surface area contributed by atoms with Crippen LogP contribution in [0.3, 0.4) is 0 Å². The molecule has 0 spiro atoms. The van der Waals surface area contributed by atoms with Gasteiger partial charge in [0.15, 0.2) is 5.82 Å². The Morgan fingerprint density at radius 1 is 1.24 bits per heavy atom. The summed E-state index contributed by atoms with van der Waals surface area (Å²) in [5, 5.41) is 0.306. The van der Waals surface area contributed by atoms with E-state index in [2.05, 4.69) is 20.3 Å². The van der Waals surface area contributed by atoms with Gasteiger partial charge in [-0.3, -0.25) is 19.1 Å². The van der Waals surface area contributed by atoms with Crippen LogP contribution in [0.1, 0.15) is 41.3 Å². The van der Waals surface area contributed by atoms with Gasteiger partial charge in [-0.05, 0) is 36.6 Å². The summed E-state index contributed by atoms with van der Waals surface area (Å²) >= 11 is 0. The molecule has 0 bridgehead atoms. The molecule has 1 aromatic carbocycles. The number of hydrogen-bond donors (Lipinski definition) is 3. The first-order valence-corrected chi connectivity index (χ1v) is 11.6. The maximum absolute atomic E-state index is 15.0. The van der Waals surface area contributed by atoms with Crippen LogP contribution in [0, 0.1) is 11.6 Å². The Morgan fingerprint density at radius 2 is 2.00 bits per heavy atom. The highest BCUT2D eigenvalue weighted by molar-refractivity contribution is 7.92. The van der Waals surface area contributed by atoms with Crippen molar-refractivity contribution in [2.24, 2.45) is 0 Å². The lowest BCUT2D eigenvalue weighted by Crippen LogP contribution is -2.21. The summed E-state index contributed by atoms with van der Waals surface area (Å²) < 4.78 is 55.6. The molecule has 33 heavy (non-hydrogen) atoms. The fourth-order valence-electron chi connectivity index (χ4n) is 3.26. The van der Waals surface area contributed by atoms with Crippen molar-refractivity contribution in [3.8, 4) is 0 Å². The highest BCUT2D eigenvalue weighted by atomic mass is 32.2. The minimum Gasteiger partial charge on any atom is -0.345 e. The van der Waals surface area contributed by atoms with Gasteiger partial charge in [0.05, 0.1) is 24.1 Å². The molecule has 0 saturated heterocycles. The van der Waals surface area contributed by atoms with E-state index in [4.69, 9.17) is 0 Å². The highest BCUT2D eigenvalue weighted by Crippen LogP contribution is 2.28. The summed E-state index contributed by atoms with van der Waals surface area (Å²) in [6.45, 7) is 1.64. The van der Waals surface area contributed by atoms with Gasteiger partial charge in [-0.15, -0.1) is 0 Å². The van der Waals surface area contributed by atoms with Gasteiger partial charge in [-0.1, -0.05) is 6.92 Å². The number of sulfonamides is 1. The predicted molar refractivity (Wildman–Crippen MR) is 117 cm³/mol. The molecule has 1 amide bonds. The molecule has 0 radical (unpaired) electrons. The molecule has 0 unspecified atom stereocenters. The normalized spacial score (nSPS) is 11.5. The van der Waals surface area contributed by atoms with Crippen LogP contribution in [-0.2, 0) is 26.1 Å². The van der Waals surface area contributed by atoms with E-state index >= 15 is 4.39 Å². The first-order valence-electron chi connectivity index (χ1n) is 9.97. The number of carbonyl (C=O) groups excluding carboxylic acids is 2. The zero-order chi connectivity index (χ0) is 24.2. The number of nitrogens with zero attached hydrogens (tertiary/aromatic N) is 1. The van der Waals surface area contributed by atoms with E-state index in [0.717, 1.165) is 12.1 Å². The summed E-state index contributed by atoms with van der Waals surface area (Å²) in [6.07, 6.45) is 3.46. The van der Waals surface area contributed by atoms with Crippen LogP contribution in [-0.4, -0.2) is 42.9 Å². The topological polar surface area (TPSA) is 130 Å². The van der Waals surface area contributed by atoms with E-state index in [1.54, 1.807) is 13.0 Å². The average Bonchev–Trinajstić information content (AvgIpc) is 3.17. The number of nitrogens with one attached hydrogen (secondary N) is 3. The van der Waals surface area contributed by atoms with E-state index in [-0.39, 0.29) is 30.1 Å². The fraction of sp³-hybridized carbons (Fsp3) is 0.286. The second kappa shape index (κ2) is 10.0. The molecule has 2 aromatic heterocycles. The van der Waals surface area contributed by atoms with Gasteiger partial charge in [0, 0.05) is 29.8 Å². The summed E-state index contributed by atoms with van der Waals surface area (Å²) in [5.74, 6) is -4.04. The molecule has 0 fully saturated rings. The smallest absolute Gasteiger partial charge is 0.243 e. The number of halogens is 2. The predicted octanol–water partition coefficient (Wildman–Crippen LogP) is 2.83. The molecule has 3 N–H and O–H groups in total. The molecule has 12 heteroatoms. The van der Waals surface area contributed by atoms with Gasteiger partial charge < -0.3 is 4.98 Å². The Morgan fingerprint density at radius 3 is 2.70 bits per heavy atom. The highest BCUT2D eigenvalue weighted by Gasteiger charge is 2.26. The third-order valence-corrected chi connectivity index (χ3v) is 6.22. The summed E-state index contributed by atoms with van der Waals surface area (Å²) in [5.41, 5.74) is 1.66. The molecular weight excluding hydrogens is 458 g/mol. The van der Waals surface area contributed by atoms with Crippen LogP contribution in [0.25, 0.3) is 11.0 Å². The minimum atomic E-state index is -3.86. The number of anilines is 1. The fourth-order valence-corrected chi connectivity index (χ4v) is 4.39. The van der Waals surface area contributed by atoms with E-state index in [0.29, 0.717) is 23.0 Å². The number of amides is 1. The van der Waals surface area contributed by atoms with Crippen LogP contribution in [0.5, 0.6) is 0 Å². The minimum absolute atomic E-state index is 0.0490. The zero-order valence-electron chi connectivity index (χ0n) is 17.9. The molecule has 0 aliphatic heterocycles. The number of pyridine rings is 1. The van der Waals surface area contributed by atoms with E-state index in [9.17, 15) is 22.4 Å². The number of benzene rings is 1. The first-order chi connectivity index (χ1) is 15.7. The molecule has 176 valence electrons. The van der Waals surface area contributed by atoms with Gasteiger partial charge in [0.2, 0.25) is 21.7 Å². The van der Waals surface area contributed by atoms with Crippen LogP contribution in [0.15, 0.2) is 30.6 Å². The zero-order valence-corrected chi connectivity index (χ0v) is 18.7. The lowest BCUT2D eigenvalue weighted by atomic mass is 10.0. The number of hydroxylamine groups is 1. The van der Waals surface area contributed by atoms with Crippen LogP contribution in [0.2, 0.25) is 0 Å². The Labute approximate surface area is 188 Å². The number of ketones is 1. The molecule has 2 heterocycles. The Hall–Kier alpha value is -3.38. The molecule has 0 saturated carbocycles. The molecule has 0 aliphatic rings. The lowest BCUT2D eigenvalue weighted by Gasteiger charge is -2.11. The number of hydrogen-bond acceptors (Lipinski definition) is 6. The second-order valence-corrected chi connectivity index (χ2v) is 9.05. The van der Waals surface area contributed by atoms with Crippen molar-refractivity contribution in [2.75, 3.05) is 17.6 Å². The largest absolute Gasteiger partial charge is 0.345 e. The first kappa shape index (κ1) is 24.3. The molecule has 0 aliphatic carbocycles. The molecule has 9 nitrogen and oxygen atoms in total. The van der Waals surface area contributed by atoms with E-state index in [1.165, 1.54) is 19.5 Å². The maximum Gasteiger partial charge on any atom is 0.243 e. The molecule has 0 atom stereocenters. The number of rotatable bonds is 10. The van der Waals surface area contributed by atoms with Gasteiger partial charge >= 0.3 is 0 Å². The quantitative estimate of drug-likeness (QED) is 0.302. The van der Waals surface area contributed by atoms with Crippen LogP contribution < -0.4 is 10.2 Å². The van der Waals surface area contributed by atoms with Crippen LogP contribution in [0.4, 0.5) is 14.5 Å². The van der Waals surface area contributed by atoms with Gasteiger partial charge in [0.1, 0.15) is 11.5 Å². The molecular formula is C21H22F2N4O5S. The second-order valence-electron chi connectivity index (χ2n) is 7.21. The summed E-state index contributed by atoms with van der Waals surface area (Å²) in [7, 11) is -2.54. The number of fused-ring (bicyclic) bond motifs is 1. The van der Waals surface area contributed by atoms with Gasteiger partial charge in [-0.25, -0.2) is 27.7 Å². The van der Waals surface area contributed by atoms with Crippen molar-refractivity contribution in [2.45, 2.75) is 26.2 Å². The SMILES string of the molecule is CCCS(=O)(=O)Nc1ccc(F)c(C(=O)c2c[nH]c3ncc(CCC(=O)NOC)cc23)c1F. The average molecular weight is 480 g/mol. The third kappa shape index (κ3) is 5.52. The molecule has 3 rings (SSSR count). The Bertz CT molecular complexity index is 1310.